The van der Waals surface area contributed by atoms with Crippen LogP contribution in [-0.2, 0) is 0 Å². The minimum Gasteiger partial charge on any atom is -0.397 e. The molecule has 0 aliphatic heterocycles. The summed E-state index contributed by atoms with van der Waals surface area (Å²) in [6, 6.07) is 7.85. The predicted molar refractivity (Wildman–Crippen MR) is 74.8 cm³/mol. The Morgan fingerprint density at radius 1 is 1.35 bits per heavy atom. The van der Waals surface area contributed by atoms with Crippen molar-refractivity contribution < 1.29 is 0 Å². The smallest absolute Gasteiger partial charge is 0.126 e. The van der Waals surface area contributed by atoms with Crippen molar-refractivity contribution in [2.75, 3.05) is 11.1 Å². The van der Waals surface area contributed by atoms with Gasteiger partial charge in [0, 0.05) is 4.88 Å². The zero-order chi connectivity index (χ0) is 12.4. The molecule has 90 valence electrons. The lowest BCUT2D eigenvalue weighted by molar-refractivity contribution is 0.894. The summed E-state index contributed by atoms with van der Waals surface area (Å²) in [6.45, 7) is 3.97. The van der Waals surface area contributed by atoms with E-state index >= 15 is 0 Å². The number of pyridine rings is 1. The third kappa shape index (κ3) is 2.90. The first-order valence-corrected chi connectivity index (χ1v) is 6.50. The summed E-state index contributed by atoms with van der Waals surface area (Å²) in [5.74, 6) is 0.828. The minimum atomic E-state index is 0.183. The summed E-state index contributed by atoms with van der Waals surface area (Å²) in [5.41, 5.74) is 7.28. The number of thiophene rings is 1. The summed E-state index contributed by atoms with van der Waals surface area (Å²) >= 11 is 7.48. The summed E-state index contributed by atoms with van der Waals surface area (Å²) in [7, 11) is 0. The number of anilines is 2. The van der Waals surface area contributed by atoms with Gasteiger partial charge in [0.15, 0.2) is 0 Å². The van der Waals surface area contributed by atoms with Crippen molar-refractivity contribution in [2.24, 2.45) is 0 Å². The average Bonchev–Trinajstić information content (AvgIpc) is 2.70. The van der Waals surface area contributed by atoms with Crippen molar-refractivity contribution in [1.29, 1.82) is 0 Å². The third-order valence-electron chi connectivity index (χ3n) is 2.51. The van der Waals surface area contributed by atoms with Crippen molar-refractivity contribution >= 4 is 34.4 Å². The van der Waals surface area contributed by atoms with E-state index in [-0.39, 0.29) is 6.04 Å². The number of nitrogens with two attached hydrogens (primary N) is 1. The molecule has 2 rings (SSSR count). The molecular weight excluding hydrogens is 254 g/mol. The molecule has 1 atom stereocenters. The molecule has 0 saturated carbocycles. The lowest BCUT2D eigenvalue weighted by Crippen LogP contribution is -2.07. The second kappa shape index (κ2) is 4.94. The van der Waals surface area contributed by atoms with Gasteiger partial charge >= 0.3 is 0 Å². The number of aromatic nitrogens is 1. The fourth-order valence-electron chi connectivity index (χ4n) is 1.51. The van der Waals surface area contributed by atoms with Crippen LogP contribution < -0.4 is 11.1 Å². The number of aryl methyl sites for hydroxylation is 1. The zero-order valence-electron chi connectivity index (χ0n) is 9.70. The highest BCUT2D eigenvalue weighted by molar-refractivity contribution is 7.16. The summed E-state index contributed by atoms with van der Waals surface area (Å²) < 4.78 is 0.801. The topological polar surface area (TPSA) is 50.9 Å². The molecule has 0 aromatic carbocycles. The molecule has 0 amide bonds. The highest BCUT2D eigenvalue weighted by Gasteiger charge is 2.09. The van der Waals surface area contributed by atoms with E-state index in [1.54, 1.807) is 11.3 Å². The van der Waals surface area contributed by atoms with E-state index < -0.39 is 0 Å². The van der Waals surface area contributed by atoms with Crippen LogP contribution in [-0.4, -0.2) is 4.98 Å². The standard InChI is InChI=1S/C12H14ClN3S/c1-7-9(14)3-6-12(15-7)16-8(2)10-4-5-11(13)17-10/h3-6,8H,14H2,1-2H3,(H,15,16). The number of nitrogen functional groups attached to an aromatic ring is 1. The monoisotopic (exact) mass is 267 g/mol. The van der Waals surface area contributed by atoms with Gasteiger partial charge in [-0.05, 0) is 38.1 Å². The van der Waals surface area contributed by atoms with E-state index in [4.69, 9.17) is 17.3 Å². The van der Waals surface area contributed by atoms with Gasteiger partial charge in [0.25, 0.3) is 0 Å². The van der Waals surface area contributed by atoms with Crippen LogP contribution in [0.2, 0.25) is 4.34 Å². The molecule has 0 aliphatic carbocycles. The maximum Gasteiger partial charge on any atom is 0.126 e. The average molecular weight is 268 g/mol. The molecule has 2 heterocycles. The number of hydrogen-bond acceptors (Lipinski definition) is 4. The Balaban J connectivity index is 2.12. The van der Waals surface area contributed by atoms with Crippen LogP contribution in [0.5, 0.6) is 0 Å². The van der Waals surface area contributed by atoms with Gasteiger partial charge in [0.05, 0.1) is 21.8 Å². The van der Waals surface area contributed by atoms with Crippen molar-refractivity contribution in [3.8, 4) is 0 Å². The fraction of sp³-hybridized carbons (Fsp3) is 0.250. The van der Waals surface area contributed by atoms with E-state index in [9.17, 15) is 0 Å². The summed E-state index contributed by atoms with van der Waals surface area (Å²) in [5, 5.41) is 3.32. The van der Waals surface area contributed by atoms with Crippen LogP contribution in [0.1, 0.15) is 23.5 Å². The van der Waals surface area contributed by atoms with E-state index in [0.29, 0.717) is 5.69 Å². The van der Waals surface area contributed by atoms with E-state index in [2.05, 4.69) is 17.2 Å². The lowest BCUT2D eigenvalue weighted by atomic mass is 10.2. The quantitative estimate of drug-likeness (QED) is 0.888. The zero-order valence-corrected chi connectivity index (χ0v) is 11.3. The van der Waals surface area contributed by atoms with Crippen LogP contribution in [0.4, 0.5) is 11.5 Å². The molecule has 2 aromatic heterocycles. The van der Waals surface area contributed by atoms with Crippen LogP contribution in [0.3, 0.4) is 0 Å². The molecule has 0 aliphatic rings. The molecule has 17 heavy (non-hydrogen) atoms. The predicted octanol–water partition coefficient (Wildman–Crippen LogP) is 3.86. The molecule has 0 fully saturated rings. The van der Waals surface area contributed by atoms with Crippen molar-refractivity contribution in [1.82, 2.24) is 4.98 Å². The first-order chi connectivity index (χ1) is 8.06. The molecule has 0 spiro atoms. The Kier molecular flexibility index (Phi) is 3.54. The SMILES string of the molecule is Cc1nc(NC(C)c2ccc(Cl)s2)ccc1N. The number of hydrogen-bond donors (Lipinski definition) is 2. The maximum atomic E-state index is 5.91. The Bertz CT molecular complexity index is 524. The van der Waals surface area contributed by atoms with E-state index in [1.807, 2.05) is 31.2 Å². The Morgan fingerprint density at radius 3 is 2.71 bits per heavy atom. The molecule has 0 saturated heterocycles. The first-order valence-electron chi connectivity index (χ1n) is 5.31. The molecule has 0 bridgehead atoms. The van der Waals surface area contributed by atoms with E-state index in [0.717, 1.165) is 15.8 Å². The first kappa shape index (κ1) is 12.2. The van der Waals surface area contributed by atoms with Crippen LogP contribution >= 0.6 is 22.9 Å². The van der Waals surface area contributed by atoms with Crippen molar-refractivity contribution in [3.63, 3.8) is 0 Å². The van der Waals surface area contributed by atoms with Crippen LogP contribution in [0, 0.1) is 6.92 Å². The third-order valence-corrected chi connectivity index (χ3v) is 3.93. The highest BCUT2D eigenvalue weighted by atomic mass is 35.5. The van der Waals surface area contributed by atoms with Crippen LogP contribution in [0.15, 0.2) is 24.3 Å². The van der Waals surface area contributed by atoms with Gasteiger partial charge in [-0.15, -0.1) is 11.3 Å². The molecular formula is C12H14ClN3S. The van der Waals surface area contributed by atoms with Gasteiger partial charge < -0.3 is 11.1 Å². The Morgan fingerprint density at radius 2 is 2.12 bits per heavy atom. The molecule has 1 unspecified atom stereocenters. The molecule has 5 heteroatoms. The fourth-order valence-corrected chi connectivity index (χ4v) is 2.57. The van der Waals surface area contributed by atoms with Crippen LogP contribution in [0.25, 0.3) is 0 Å². The summed E-state index contributed by atoms with van der Waals surface area (Å²) in [6.07, 6.45) is 0. The van der Waals surface area contributed by atoms with E-state index in [1.165, 1.54) is 4.88 Å². The second-order valence-electron chi connectivity index (χ2n) is 3.88. The molecule has 3 N–H and O–H groups in total. The van der Waals surface area contributed by atoms with Gasteiger partial charge in [0.2, 0.25) is 0 Å². The number of nitrogens with one attached hydrogen (secondary N) is 1. The lowest BCUT2D eigenvalue weighted by Gasteiger charge is -2.13. The summed E-state index contributed by atoms with van der Waals surface area (Å²) in [4.78, 5) is 5.57. The minimum absolute atomic E-state index is 0.183. The highest BCUT2D eigenvalue weighted by Crippen LogP contribution is 2.28. The number of halogens is 1. The largest absolute Gasteiger partial charge is 0.397 e. The Hall–Kier alpha value is -1.26. The van der Waals surface area contributed by atoms with Gasteiger partial charge in [-0.2, -0.15) is 0 Å². The van der Waals surface area contributed by atoms with Crippen molar-refractivity contribution in [3.05, 3.63) is 39.2 Å². The van der Waals surface area contributed by atoms with Gasteiger partial charge in [-0.3, -0.25) is 0 Å². The normalized spacial score (nSPS) is 12.4. The van der Waals surface area contributed by atoms with Gasteiger partial charge in [0.1, 0.15) is 5.82 Å². The Labute approximate surface area is 110 Å². The molecule has 3 nitrogen and oxygen atoms in total. The molecule has 2 aromatic rings. The number of rotatable bonds is 3. The van der Waals surface area contributed by atoms with Gasteiger partial charge in [-0.1, -0.05) is 11.6 Å². The number of nitrogens with zero attached hydrogens (tertiary/aromatic N) is 1. The second-order valence-corrected chi connectivity index (χ2v) is 5.63. The van der Waals surface area contributed by atoms with Gasteiger partial charge in [-0.25, -0.2) is 4.98 Å². The maximum absolute atomic E-state index is 5.91. The molecule has 0 radical (unpaired) electrons. The van der Waals surface area contributed by atoms with Crippen molar-refractivity contribution in [2.45, 2.75) is 19.9 Å².